The summed E-state index contributed by atoms with van der Waals surface area (Å²) in [4.78, 5) is 5.51. The van der Waals surface area contributed by atoms with Crippen molar-refractivity contribution in [3.05, 3.63) is 30.3 Å². The molecule has 0 spiro atoms. The summed E-state index contributed by atoms with van der Waals surface area (Å²) in [6.07, 6.45) is 1.28. The van der Waals surface area contributed by atoms with Crippen LogP contribution in [0.2, 0.25) is 7.86 Å². The Kier molecular flexibility index (Phi) is 9.69. The van der Waals surface area contributed by atoms with Gasteiger partial charge in [0.05, 0.1) is 0 Å². The van der Waals surface area contributed by atoms with Crippen molar-refractivity contribution in [1.29, 1.82) is 0 Å². The van der Waals surface area contributed by atoms with Gasteiger partial charge in [-0.1, -0.05) is 0 Å². The predicted octanol–water partition coefficient (Wildman–Crippen LogP) is 4.58. The van der Waals surface area contributed by atoms with Gasteiger partial charge in [0, 0.05) is 0 Å². The molecule has 2 rings (SSSR count). The summed E-state index contributed by atoms with van der Waals surface area (Å²) < 4.78 is 2.90. The number of piperazine rings is 1. The number of benzene rings is 1. The summed E-state index contributed by atoms with van der Waals surface area (Å²) in [5, 5.41) is 0. The second-order valence-corrected chi connectivity index (χ2v) is 27.1. The zero-order valence-electron chi connectivity index (χ0n) is 12.8. The Bertz CT molecular complexity index is 392. The normalized spacial score (nSPS) is 22.7. The number of hydrogen-bond donors (Lipinski definition) is 0. The quantitative estimate of drug-likeness (QED) is 0.374. The molecular formula is C15H22Br2Hg2N2. The van der Waals surface area contributed by atoms with E-state index >= 15 is 0 Å². The molecule has 2 atom stereocenters. The first-order valence-corrected chi connectivity index (χ1v) is 39.6. The fourth-order valence-corrected chi connectivity index (χ4v) is 18.2. The van der Waals surface area contributed by atoms with E-state index in [2.05, 4.69) is 70.9 Å². The standard InChI is InChI=1S/C15H22N2.2BrH.2Hg/c1-4-10-16-11-13(2)17(14(3)12-16)15-8-6-5-7-9-15;;;;/h5-9,13-14H,2-4,10-12H2,1H3;2*1H;;/q;;;2*+1/p-2. The fourth-order valence-electron chi connectivity index (χ4n) is 3.38. The molecule has 0 aromatic heterocycles. The minimum atomic E-state index is -0.798. The molecule has 1 aromatic carbocycles. The van der Waals surface area contributed by atoms with E-state index < -0.39 is 44.3 Å². The first kappa shape index (κ1) is 19.1. The average molecular weight is 791 g/mol. The Labute approximate surface area is 164 Å². The molecule has 0 N–H and O–H groups in total. The van der Waals surface area contributed by atoms with E-state index in [-0.39, 0.29) is 0 Å². The van der Waals surface area contributed by atoms with Gasteiger partial charge in [0.1, 0.15) is 0 Å². The first-order valence-electron chi connectivity index (χ1n) is 7.97. The van der Waals surface area contributed by atoms with Crippen LogP contribution in [-0.4, -0.2) is 36.6 Å². The van der Waals surface area contributed by atoms with Crippen LogP contribution in [0.5, 0.6) is 0 Å². The molecule has 1 aromatic rings. The molecule has 0 bridgehead atoms. The van der Waals surface area contributed by atoms with Crippen LogP contribution in [-0.2, 0) is 44.3 Å². The zero-order chi connectivity index (χ0) is 15.1. The molecule has 2 nitrogen and oxygen atoms in total. The van der Waals surface area contributed by atoms with E-state index in [1.54, 1.807) is 0 Å². The second kappa shape index (κ2) is 10.6. The van der Waals surface area contributed by atoms with Crippen LogP contribution < -0.4 is 4.90 Å². The van der Waals surface area contributed by atoms with Gasteiger partial charge in [-0.15, -0.1) is 0 Å². The maximum absolute atomic E-state index is 3.88. The van der Waals surface area contributed by atoms with E-state index in [1.165, 1.54) is 39.6 Å². The Hall–Kier alpha value is 1.81. The van der Waals surface area contributed by atoms with E-state index in [0.29, 0.717) is 0 Å². The number of rotatable bonds is 7. The monoisotopic (exact) mass is 792 g/mol. The third-order valence-electron chi connectivity index (χ3n) is 4.20. The van der Waals surface area contributed by atoms with Crippen LogP contribution in [0.4, 0.5) is 5.69 Å². The van der Waals surface area contributed by atoms with Gasteiger partial charge in [-0.05, 0) is 0 Å². The summed E-state index contributed by atoms with van der Waals surface area (Å²) in [5.74, 6) is 0. The number of para-hydroxylation sites is 1. The van der Waals surface area contributed by atoms with E-state index in [9.17, 15) is 0 Å². The van der Waals surface area contributed by atoms with Crippen molar-refractivity contribution >= 4 is 29.5 Å². The number of anilines is 1. The van der Waals surface area contributed by atoms with Gasteiger partial charge in [0.25, 0.3) is 0 Å². The van der Waals surface area contributed by atoms with Crippen molar-refractivity contribution in [2.75, 3.05) is 24.5 Å². The van der Waals surface area contributed by atoms with Crippen molar-refractivity contribution in [3.8, 4) is 0 Å². The summed E-state index contributed by atoms with van der Waals surface area (Å²) in [6, 6.07) is 12.6. The topological polar surface area (TPSA) is 6.48 Å². The average Bonchev–Trinajstić information content (AvgIpc) is 2.49. The van der Waals surface area contributed by atoms with E-state index in [0.717, 1.165) is 12.1 Å². The predicted molar refractivity (Wildman–Crippen MR) is 90.7 cm³/mol. The third-order valence-corrected chi connectivity index (χ3v) is 19.1. The van der Waals surface area contributed by atoms with E-state index in [1.807, 2.05) is 0 Å². The van der Waals surface area contributed by atoms with Gasteiger partial charge >= 0.3 is 167 Å². The first-order chi connectivity index (χ1) is 10.3. The molecule has 0 amide bonds. The second-order valence-electron chi connectivity index (χ2n) is 5.77. The molecule has 0 radical (unpaired) electrons. The van der Waals surface area contributed by atoms with Gasteiger partial charge < -0.3 is 0 Å². The third kappa shape index (κ3) is 5.68. The van der Waals surface area contributed by atoms with Crippen molar-refractivity contribution in [2.24, 2.45) is 0 Å². The van der Waals surface area contributed by atoms with Crippen molar-refractivity contribution in [3.63, 3.8) is 0 Å². The molecule has 0 saturated carbocycles. The van der Waals surface area contributed by atoms with Crippen molar-refractivity contribution in [1.82, 2.24) is 4.90 Å². The molecule has 1 fully saturated rings. The van der Waals surface area contributed by atoms with Crippen LogP contribution in [0.25, 0.3) is 0 Å². The van der Waals surface area contributed by atoms with Crippen molar-refractivity contribution in [2.45, 2.75) is 33.3 Å². The molecule has 1 heterocycles. The van der Waals surface area contributed by atoms with Gasteiger partial charge in [0.2, 0.25) is 0 Å². The van der Waals surface area contributed by atoms with E-state index in [4.69, 9.17) is 0 Å². The van der Waals surface area contributed by atoms with Crippen LogP contribution >= 0.6 is 23.8 Å². The molecular weight excluding hydrogens is 769 g/mol. The summed E-state index contributed by atoms with van der Waals surface area (Å²) in [5.41, 5.74) is 1.45. The van der Waals surface area contributed by atoms with Crippen LogP contribution in [0.1, 0.15) is 13.3 Å². The molecule has 6 heteroatoms. The Morgan fingerprint density at radius 3 is 2.10 bits per heavy atom. The van der Waals surface area contributed by atoms with Gasteiger partial charge in [-0.3, -0.25) is 0 Å². The minimum absolute atomic E-state index is 0.742. The summed E-state index contributed by atoms with van der Waals surface area (Å²) in [6.45, 7) is 6.12. The molecule has 110 valence electrons. The van der Waals surface area contributed by atoms with Crippen molar-refractivity contribution < 1.29 is 44.3 Å². The number of nitrogens with zero attached hydrogens (tertiary/aromatic N) is 2. The van der Waals surface area contributed by atoms with Gasteiger partial charge in [0.15, 0.2) is 0 Å². The Balaban J connectivity index is 2.22. The molecule has 1 aliphatic heterocycles. The Morgan fingerprint density at radius 1 is 1.05 bits per heavy atom. The molecule has 2 unspecified atom stereocenters. The molecule has 1 saturated heterocycles. The Morgan fingerprint density at radius 2 is 1.62 bits per heavy atom. The number of halogens is 2. The maximum atomic E-state index is 3.88. The van der Waals surface area contributed by atoms with Crippen LogP contribution in [0, 0.1) is 0 Å². The van der Waals surface area contributed by atoms with Crippen LogP contribution in [0.3, 0.4) is 0 Å². The SMILES string of the molecule is CCCN1CC([CH2][Hg][Br])N(c2ccccc2)C([CH2][Hg][Br])C1. The van der Waals surface area contributed by atoms with Gasteiger partial charge in [-0.25, -0.2) is 0 Å². The summed E-state index contributed by atoms with van der Waals surface area (Å²) in [7, 11) is 0. The number of hydrogen-bond acceptors (Lipinski definition) is 2. The molecule has 0 aliphatic carbocycles. The van der Waals surface area contributed by atoms with Crippen LogP contribution in [0.15, 0.2) is 30.3 Å². The molecule has 1 aliphatic rings. The summed E-state index contributed by atoms with van der Waals surface area (Å²) >= 11 is 6.17. The van der Waals surface area contributed by atoms with Gasteiger partial charge in [-0.2, -0.15) is 0 Å². The fraction of sp³-hybridized carbons (Fsp3) is 0.600. The molecule has 21 heavy (non-hydrogen) atoms. The zero-order valence-corrected chi connectivity index (χ0v) is 27.0.